The molecule has 0 amide bonds. The van der Waals surface area contributed by atoms with Crippen molar-refractivity contribution in [1.29, 1.82) is 0 Å². The molecule has 1 aromatic carbocycles. The zero-order valence-corrected chi connectivity index (χ0v) is 15.5. The molecule has 1 heterocycles. The molecule has 2 N–H and O–H groups in total. The second kappa shape index (κ2) is 7.64. The van der Waals surface area contributed by atoms with E-state index < -0.39 is 15.7 Å². The fourth-order valence-electron chi connectivity index (χ4n) is 2.59. The predicted octanol–water partition coefficient (Wildman–Crippen LogP) is 4.10. The van der Waals surface area contributed by atoms with Crippen molar-refractivity contribution in [2.45, 2.75) is 37.4 Å². The van der Waals surface area contributed by atoms with E-state index >= 15 is 0 Å². The Kier molecular flexibility index (Phi) is 6.06. The number of rotatable bonds is 6. The molecule has 3 nitrogen and oxygen atoms in total. The highest BCUT2D eigenvalue weighted by atomic mass is 79.9. The summed E-state index contributed by atoms with van der Waals surface area (Å²) in [5.74, 6) is -0.280. The molecule has 0 radical (unpaired) electrons. The Balaban J connectivity index is 2.35. The van der Waals surface area contributed by atoms with E-state index in [1.165, 1.54) is 12.1 Å². The Morgan fingerprint density at radius 3 is 2.70 bits per heavy atom. The summed E-state index contributed by atoms with van der Waals surface area (Å²) in [7, 11) is -1.46. The Hall–Kier alpha value is -1.11. The van der Waals surface area contributed by atoms with Crippen LogP contribution in [0.2, 0.25) is 0 Å². The lowest BCUT2D eigenvalue weighted by molar-refractivity contribution is 0.504. The number of pyridine rings is 1. The standard InChI is InChI=1S/C17H20BrFN2OS/c1-17(2,23(20)22)11-13(16-15(18)7-4-8-21-16)9-12-5-3-6-14(19)10-12/h3-8,10,13H,9,11,20H2,1-2H3/t13-,23?/m0/s1. The van der Waals surface area contributed by atoms with E-state index in [4.69, 9.17) is 5.14 Å². The number of hydrogen-bond acceptors (Lipinski definition) is 2. The third kappa shape index (κ3) is 4.93. The van der Waals surface area contributed by atoms with Gasteiger partial charge in [0.2, 0.25) is 0 Å². The first kappa shape index (κ1) is 18.2. The van der Waals surface area contributed by atoms with Gasteiger partial charge in [0.1, 0.15) is 5.82 Å². The van der Waals surface area contributed by atoms with Crippen LogP contribution in [0, 0.1) is 5.82 Å². The molecule has 2 atom stereocenters. The molecule has 6 heteroatoms. The molecule has 0 aliphatic carbocycles. The minimum Gasteiger partial charge on any atom is -0.260 e. The third-order valence-electron chi connectivity index (χ3n) is 3.83. The van der Waals surface area contributed by atoms with Crippen LogP contribution in [0.25, 0.3) is 0 Å². The van der Waals surface area contributed by atoms with E-state index in [2.05, 4.69) is 20.9 Å². The first-order chi connectivity index (χ1) is 10.8. The quantitative estimate of drug-likeness (QED) is 0.795. The lowest BCUT2D eigenvalue weighted by Crippen LogP contribution is -2.34. The highest BCUT2D eigenvalue weighted by molar-refractivity contribution is 9.10. The van der Waals surface area contributed by atoms with Crippen LogP contribution in [0.4, 0.5) is 4.39 Å². The maximum Gasteiger partial charge on any atom is 0.123 e. The van der Waals surface area contributed by atoms with Crippen molar-refractivity contribution in [1.82, 2.24) is 4.98 Å². The van der Waals surface area contributed by atoms with Crippen molar-refractivity contribution in [3.8, 4) is 0 Å². The summed E-state index contributed by atoms with van der Waals surface area (Å²) >= 11 is 3.53. The van der Waals surface area contributed by atoms with Gasteiger partial charge >= 0.3 is 0 Å². The maximum atomic E-state index is 13.5. The van der Waals surface area contributed by atoms with Crippen molar-refractivity contribution >= 4 is 26.9 Å². The van der Waals surface area contributed by atoms with Crippen molar-refractivity contribution in [3.63, 3.8) is 0 Å². The molecule has 124 valence electrons. The molecule has 2 rings (SSSR count). The fraction of sp³-hybridized carbons (Fsp3) is 0.353. The highest BCUT2D eigenvalue weighted by Gasteiger charge is 2.30. The minimum atomic E-state index is -1.46. The first-order valence-corrected chi connectivity index (χ1v) is 9.31. The van der Waals surface area contributed by atoms with Gasteiger partial charge in [0.05, 0.1) is 21.4 Å². The lowest BCUT2D eigenvalue weighted by Gasteiger charge is -2.27. The van der Waals surface area contributed by atoms with Gasteiger partial charge in [0.25, 0.3) is 0 Å². The summed E-state index contributed by atoms with van der Waals surface area (Å²) in [5, 5.41) is 5.63. The largest absolute Gasteiger partial charge is 0.260 e. The molecular formula is C17H20BrFN2OS. The average molecular weight is 399 g/mol. The smallest absolute Gasteiger partial charge is 0.123 e. The van der Waals surface area contributed by atoms with Crippen molar-refractivity contribution in [3.05, 3.63) is 64.1 Å². The van der Waals surface area contributed by atoms with Crippen LogP contribution in [0.5, 0.6) is 0 Å². The molecule has 1 unspecified atom stereocenters. The van der Waals surface area contributed by atoms with E-state index in [1.54, 1.807) is 12.3 Å². The van der Waals surface area contributed by atoms with Gasteiger partial charge in [-0.3, -0.25) is 10.1 Å². The molecule has 0 saturated heterocycles. The Morgan fingerprint density at radius 2 is 2.09 bits per heavy atom. The van der Waals surface area contributed by atoms with Crippen LogP contribution in [0.15, 0.2) is 47.1 Å². The second-order valence-electron chi connectivity index (χ2n) is 6.16. The van der Waals surface area contributed by atoms with Gasteiger partial charge in [0.15, 0.2) is 0 Å². The third-order valence-corrected chi connectivity index (χ3v) is 5.75. The molecule has 23 heavy (non-hydrogen) atoms. The molecule has 0 spiro atoms. The monoisotopic (exact) mass is 398 g/mol. The molecule has 1 aromatic heterocycles. The Morgan fingerprint density at radius 1 is 1.35 bits per heavy atom. The molecule has 2 aromatic rings. The molecule has 0 fully saturated rings. The Labute approximate surface area is 147 Å². The van der Waals surface area contributed by atoms with E-state index in [9.17, 15) is 8.60 Å². The van der Waals surface area contributed by atoms with E-state index in [0.29, 0.717) is 12.8 Å². The number of hydrogen-bond donors (Lipinski definition) is 1. The van der Waals surface area contributed by atoms with E-state index in [0.717, 1.165) is 15.7 Å². The zero-order chi connectivity index (χ0) is 17.0. The summed E-state index contributed by atoms with van der Waals surface area (Å²) in [6.07, 6.45) is 2.92. The summed E-state index contributed by atoms with van der Waals surface area (Å²) in [6.45, 7) is 3.75. The SMILES string of the molecule is CC(C)(C[C@H](Cc1cccc(F)c1)c1ncccc1Br)S(N)=O. The van der Waals surface area contributed by atoms with Crippen LogP contribution in [-0.2, 0) is 17.4 Å². The van der Waals surface area contributed by atoms with Crippen LogP contribution in [0.3, 0.4) is 0 Å². The van der Waals surface area contributed by atoms with Crippen LogP contribution < -0.4 is 5.14 Å². The summed E-state index contributed by atoms with van der Waals surface area (Å²) in [6, 6.07) is 10.3. The summed E-state index contributed by atoms with van der Waals surface area (Å²) in [5.41, 5.74) is 1.75. The van der Waals surface area contributed by atoms with Crippen LogP contribution in [-0.4, -0.2) is 13.9 Å². The van der Waals surface area contributed by atoms with Gasteiger partial charge in [-0.15, -0.1) is 0 Å². The van der Waals surface area contributed by atoms with Crippen molar-refractivity contribution < 1.29 is 8.60 Å². The van der Waals surface area contributed by atoms with Gasteiger partial charge in [-0.1, -0.05) is 12.1 Å². The van der Waals surface area contributed by atoms with E-state index in [-0.39, 0.29) is 11.7 Å². The van der Waals surface area contributed by atoms with Gasteiger partial charge in [0, 0.05) is 16.6 Å². The normalized spacial score (nSPS) is 14.5. The van der Waals surface area contributed by atoms with Crippen molar-refractivity contribution in [2.24, 2.45) is 5.14 Å². The number of halogens is 2. The van der Waals surface area contributed by atoms with Crippen molar-refractivity contribution in [2.75, 3.05) is 0 Å². The fourth-order valence-corrected chi connectivity index (χ4v) is 3.53. The molecule has 0 saturated carbocycles. The molecular weight excluding hydrogens is 379 g/mol. The number of benzene rings is 1. The van der Waals surface area contributed by atoms with E-state index in [1.807, 2.05) is 32.0 Å². The topological polar surface area (TPSA) is 56.0 Å². The highest BCUT2D eigenvalue weighted by Crippen LogP contribution is 2.34. The molecule has 0 aliphatic heterocycles. The summed E-state index contributed by atoms with van der Waals surface area (Å²) < 4.78 is 25.6. The zero-order valence-electron chi connectivity index (χ0n) is 13.1. The predicted molar refractivity (Wildman–Crippen MR) is 95.8 cm³/mol. The Bertz CT molecular complexity index is 708. The minimum absolute atomic E-state index is 0.0186. The number of nitrogens with zero attached hydrogens (tertiary/aromatic N) is 1. The first-order valence-electron chi connectivity index (χ1n) is 7.31. The van der Waals surface area contributed by atoms with Gasteiger partial charge in [-0.05, 0) is 72.4 Å². The van der Waals surface area contributed by atoms with Crippen LogP contribution >= 0.6 is 15.9 Å². The van der Waals surface area contributed by atoms with Gasteiger partial charge < -0.3 is 0 Å². The van der Waals surface area contributed by atoms with Gasteiger partial charge in [-0.2, -0.15) is 0 Å². The lowest BCUT2D eigenvalue weighted by atomic mass is 9.87. The maximum absolute atomic E-state index is 13.5. The average Bonchev–Trinajstić information content (AvgIpc) is 2.46. The molecule has 0 bridgehead atoms. The summed E-state index contributed by atoms with van der Waals surface area (Å²) in [4.78, 5) is 4.46. The van der Waals surface area contributed by atoms with Crippen LogP contribution in [0.1, 0.15) is 37.4 Å². The number of nitrogens with two attached hydrogens (primary N) is 1. The second-order valence-corrected chi connectivity index (χ2v) is 8.72. The number of aromatic nitrogens is 1. The van der Waals surface area contributed by atoms with Gasteiger partial charge in [-0.25, -0.2) is 8.60 Å². The molecule has 0 aliphatic rings.